The van der Waals surface area contributed by atoms with Crippen LogP contribution in [0.2, 0.25) is 0 Å². The average molecular weight is 503 g/mol. The molecule has 0 unspecified atom stereocenters. The van der Waals surface area contributed by atoms with Gasteiger partial charge in [0.05, 0.1) is 29.7 Å². The van der Waals surface area contributed by atoms with Crippen molar-refractivity contribution >= 4 is 17.8 Å². The number of halogens is 1. The smallest absolute Gasteiger partial charge is 0.250 e. The van der Waals surface area contributed by atoms with Crippen LogP contribution < -0.4 is 14.5 Å². The lowest BCUT2D eigenvalue weighted by Gasteiger charge is -2.22. The number of hydrogen-bond donors (Lipinski definition) is 0. The van der Waals surface area contributed by atoms with E-state index in [1.807, 2.05) is 27.3 Å². The Morgan fingerprint density at radius 1 is 1.14 bits per heavy atom. The predicted octanol–water partition coefficient (Wildman–Crippen LogP) is 4.03. The van der Waals surface area contributed by atoms with Gasteiger partial charge in [0.25, 0.3) is 5.89 Å². The van der Waals surface area contributed by atoms with Gasteiger partial charge in [0.1, 0.15) is 6.61 Å². The number of benzene rings is 1. The number of carbonyl (C=O) groups excluding carboxylic acids is 1. The maximum Gasteiger partial charge on any atom is 0.250 e. The number of ether oxygens (including phenoxy) is 2. The third-order valence-corrected chi connectivity index (χ3v) is 5.94. The van der Waals surface area contributed by atoms with Crippen molar-refractivity contribution in [1.29, 1.82) is 0 Å². The van der Waals surface area contributed by atoms with Crippen molar-refractivity contribution in [3.05, 3.63) is 36.2 Å². The normalized spacial score (nSPS) is 13.6. The lowest BCUT2D eigenvalue weighted by molar-refractivity contribution is -0.107. The first kappa shape index (κ1) is 27.1. The van der Waals surface area contributed by atoms with E-state index in [4.69, 9.17) is 13.9 Å². The highest BCUT2D eigenvalue weighted by Crippen LogP contribution is 2.34. The molecule has 2 aromatic heterocycles. The Labute approximate surface area is 211 Å². The summed E-state index contributed by atoms with van der Waals surface area (Å²) in [4.78, 5) is 13.9. The molecular weight excluding hydrogens is 467 g/mol. The van der Waals surface area contributed by atoms with Crippen molar-refractivity contribution in [2.75, 3.05) is 51.3 Å². The Morgan fingerprint density at radius 2 is 1.89 bits per heavy atom. The van der Waals surface area contributed by atoms with Crippen LogP contribution in [-0.4, -0.2) is 67.9 Å². The molecule has 0 radical (unpaired) electrons. The van der Waals surface area contributed by atoms with Gasteiger partial charge in [0, 0.05) is 59.5 Å². The minimum atomic E-state index is -0.509. The van der Waals surface area contributed by atoms with Gasteiger partial charge in [-0.25, -0.2) is 4.39 Å². The fraction of sp³-hybridized carbons (Fsp3) is 0.520. The van der Waals surface area contributed by atoms with Gasteiger partial charge >= 0.3 is 0 Å². The number of nitrogens with zero attached hydrogens (tertiary/aromatic N) is 6. The zero-order valence-corrected chi connectivity index (χ0v) is 21.6. The lowest BCUT2D eigenvalue weighted by Crippen LogP contribution is -2.20. The van der Waals surface area contributed by atoms with Crippen LogP contribution >= 0.6 is 0 Å². The third kappa shape index (κ3) is 7.03. The summed E-state index contributed by atoms with van der Waals surface area (Å²) in [5.41, 5.74) is 2.07. The number of methoxy groups -OCH3 is 1. The van der Waals surface area contributed by atoms with Crippen molar-refractivity contribution in [2.45, 2.75) is 38.0 Å². The van der Waals surface area contributed by atoms with E-state index in [1.165, 1.54) is 43.1 Å². The van der Waals surface area contributed by atoms with Gasteiger partial charge in [0.2, 0.25) is 12.3 Å². The fourth-order valence-electron chi connectivity index (χ4n) is 3.97. The lowest BCUT2D eigenvalue weighted by atomic mass is 9.89. The molecule has 0 atom stereocenters. The molecule has 1 saturated carbocycles. The van der Waals surface area contributed by atoms with Crippen LogP contribution in [0.15, 0.2) is 28.9 Å². The van der Waals surface area contributed by atoms with Crippen LogP contribution in [0, 0.1) is 5.82 Å². The largest absolute Gasteiger partial charge is 0.488 e. The highest BCUT2D eigenvalue weighted by molar-refractivity contribution is 5.84. The number of aromatic nitrogens is 4. The predicted molar refractivity (Wildman–Crippen MR) is 135 cm³/mol. The van der Waals surface area contributed by atoms with Gasteiger partial charge in [-0.2, -0.15) is 5.10 Å². The van der Waals surface area contributed by atoms with Crippen molar-refractivity contribution in [1.82, 2.24) is 20.0 Å². The minimum absolute atomic E-state index is 0.142. The molecule has 0 aliphatic heterocycles. The Kier molecular flexibility index (Phi) is 9.80. The molecule has 1 aliphatic rings. The molecule has 196 valence electrons. The topological polar surface area (TPSA) is 98.8 Å². The summed E-state index contributed by atoms with van der Waals surface area (Å²) in [5, 5.41) is 12.4. The zero-order valence-electron chi connectivity index (χ0n) is 21.6. The Bertz CT molecular complexity index is 1110. The quantitative estimate of drug-likeness (QED) is 0.320. The van der Waals surface area contributed by atoms with Crippen LogP contribution in [0.1, 0.15) is 43.9 Å². The Morgan fingerprint density at radius 3 is 2.50 bits per heavy atom. The van der Waals surface area contributed by atoms with E-state index < -0.39 is 5.82 Å². The molecule has 1 amide bonds. The van der Waals surface area contributed by atoms with Crippen molar-refractivity contribution in [2.24, 2.45) is 7.05 Å². The van der Waals surface area contributed by atoms with Crippen LogP contribution in [-0.2, 0) is 16.6 Å². The van der Waals surface area contributed by atoms with E-state index >= 15 is 0 Å². The fourth-order valence-corrected chi connectivity index (χ4v) is 3.97. The number of rotatable bonds is 9. The molecule has 2 heterocycles. The van der Waals surface area contributed by atoms with E-state index in [0.29, 0.717) is 36.2 Å². The maximum absolute atomic E-state index is 13.9. The number of aryl methyl sites for hydroxylation is 1. The van der Waals surface area contributed by atoms with Crippen LogP contribution in [0.3, 0.4) is 0 Å². The van der Waals surface area contributed by atoms with E-state index in [-0.39, 0.29) is 12.4 Å². The molecule has 0 saturated heterocycles. The molecule has 10 nitrogen and oxygen atoms in total. The highest BCUT2D eigenvalue weighted by Gasteiger charge is 2.22. The molecule has 1 aromatic carbocycles. The van der Waals surface area contributed by atoms with E-state index in [1.54, 1.807) is 36.0 Å². The summed E-state index contributed by atoms with van der Waals surface area (Å²) in [6.45, 7) is 0.649. The number of carbonyl (C=O) groups is 1. The third-order valence-electron chi connectivity index (χ3n) is 5.94. The van der Waals surface area contributed by atoms with Crippen molar-refractivity contribution < 1.29 is 23.1 Å². The summed E-state index contributed by atoms with van der Waals surface area (Å²) in [5.74, 6) is 1.47. The number of amides is 1. The van der Waals surface area contributed by atoms with Crippen molar-refractivity contribution in [3.63, 3.8) is 0 Å². The summed E-state index contributed by atoms with van der Waals surface area (Å²) >= 11 is 0. The van der Waals surface area contributed by atoms with Gasteiger partial charge < -0.3 is 23.7 Å². The molecule has 0 spiro atoms. The van der Waals surface area contributed by atoms with Gasteiger partial charge in [-0.15, -0.1) is 10.2 Å². The van der Waals surface area contributed by atoms with Crippen LogP contribution in [0.4, 0.5) is 15.8 Å². The van der Waals surface area contributed by atoms with Crippen LogP contribution in [0.5, 0.6) is 5.75 Å². The van der Waals surface area contributed by atoms with Crippen molar-refractivity contribution in [3.8, 4) is 17.2 Å². The Balaban J connectivity index is 0.000000201. The molecule has 11 heteroatoms. The molecular formula is C25H35FN6O4. The molecule has 3 aromatic rings. The van der Waals surface area contributed by atoms with E-state index in [2.05, 4.69) is 15.3 Å². The average Bonchev–Trinajstić information content (AvgIpc) is 3.54. The first-order valence-electron chi connectivity index (χ1n) is 12.0. The van der Waals surface area contributed by atoms with Crippen LogP contribution in [0.25, 0.3) is 11.5 Å². The second-order valence-corrected chi connectivity index (χ2v) is 8.91. The summed E-state index contributed by atoms with van der Waals surface area (Å²) in [6, 6.07) is 2.85. The first-order chi connectivity index (χ1) is 17.3. The monoisotopic (exact) mass is 502 g/mol. The van der Waals surface area contributed by atoms with Gasteiger partial charge in [0.15, 0.2) is 11.6 Å². The Hall–Kier alpha value is -3.47. The number of hydrogen-bond acceptors (Lipinski definition) is 8. The van der Waals surface area contributed by atoms with Gasteiger partial charge in [-0.1, -0.05) is 19.3 Å². The van der Waals surface area contributed by atoms with Gasteiger partial charge in [-0.3, -0.25) is 9.48 Å². The molecule has 0 bridgehead atoms. The maximum atomic E-state index is 13.9. The summed E-state index contributed by atoms with van der Waals surface area (Å²) in [6.07, 6.45) is 10.5. The van der Waals surface area contributed by atoms with Gasteiger partial charge in [-0.05, 0) is 12.8 Å². The molecule has 0 N–H and O–H groups in total. The number of anilines is 2. The summed E-state index contributed by atoms with van der Waals surface area (Å²) in [7, 11) is 8.62. The molecule has 1 aliphatic carbocycles. The first-order valence-corrected chi connectivity index (χ1v) is 12.0. The molecule has 1 fully saturated rings. The zero-order chi connectivity index (χ0) is 26.1. The van der Waals surface area contributed by atoms with E-state index in [0.717, 1.165) is 11.5 Å². The second kappa shape index (κ2) is 13.0. The van der Waals surface area contributed by atoms with E-state index in [9.17, 15) is 9.18 Å². The highest BCUT2D eigenvalue weighted by atomic mass is 19.1. The SMILES string of the molecule is COCCOc1cc(N(C)C)c(N(C)C=O)cc1F.Cn1cc(-c2nnc(C3CCCCC3)o2)cn1. The molecule has 4 rings (SSSR count). The minimum Gasteiger partial charge on any atom is -0.488 e. The second-order valence-electron chi connectivity index (χ2n) is 8.91. The summed E-state index contributed by atoms with van der Waals surface area (Å²) < 4.78 is 31.5. The standard InChI is InChI=1S/C13H19FN2O3.C12H16N4O/c1-15(2)11-8-13(19-6-5-18-4)10(14)7-12(11)16(3)9-17;1-16-8-10(7-13-16)12-15-14-11(17-12)9-5-3-2-4-6-9/h7-9H,5-6H2,1-4H3;7-9H,2-6H2,1H3. The molecule has 36 heavy (non-hydrogen) atoms.